The molecule has 31 heteroatoms. The van der Waals surface area contributed by atoms with E-state index < -0.39 is 176 Å². The number of unbranched alkanes of at least 4 members (excludes halogenated alkanes) is 1. The lowest BCUT2D eigenvalue weighted by molar-refractivity contribution is -0.306. The molecule has 610 valence electrons. The second-order valence-electron chi connectivity index (χ2n) is 27.3. The standard InChI is InChI=1S/C50H63N9O9.C34H40N6O7/c1-33(26-45(62)63)55-49(67)41(29-36-20-10-4-11-21-36)56-44(61)32-54-47(65)40(28-35-18-8-3-9-19-35)59-48(66)39(24-14-15-25-51)58-50(68)42(30-37-22-12-5-13-23-37)57-43(60)31-53-46(64)38(52)27-34-16-6-2-7-17-34;1-22(42)37-27(18-24-13-7-3-8-14-24)32(45)36-20-30(43)38-28(19-25-15-9-4-10-16-25)33(46)40-29(21-41)34(47)39-26(31(35)44)17-23-11-5-2-6-12-23/h2-13,16-23,33,38-42H,14-15,24-32,51-52H2,1H3,(H,53,64)(H,54,65)(H,55,67)(H,56,61)(H,57,60)(H,58,68)(H,59,66)(H,62,63);2-16,26-29,41H,17-21H2,1H3,(H2,35,44)(H,36,45)(H,37,42)(H,38,43)(H,39,47)(H,40,46)/p-1/t33-,38?,39+,40?,41?,42?;26?,27?,28?,29-/m10/s1. The number of nitrogens with two attached hydrogens (primary N) is 3. The second kappa shape index (κ2) is 49.4. The van der Waals surface area contributed by atoms with Crippen molar-refractivity contribution in [2.45, 2.75) is 145 Å². The number of amides is 13. The minimum absolute atomic E-state index is 0.00766. The van der Waals surface area contributed by atoms with Gasteiger partial charge in [-0.15, -0.1) is 0 Å². The first kappa shape index (κ1) is 90.9. The summed E-state index contributed by atoms with van der Waals surface area (Å²) in [6.45, 7) is 0.699. The van der Waals surface area contributed by atoms with E-state index in [1.807, 2.05) is 36.4 Å². The summed E-state index contributed by atoms with van der Waals surface area (Å²) in [5, 5.41) is 52.1. The lowest BCUT2D eigenvalue weighted by Crippen LogP contribution is -2.58. The van der Waals surface area contributed by atoms with Crippen LogP contribution in [0, 0.1) is 0 Å². The first-order valence-electron chi connectivity index (χ1n) is 37.6. The van der Waals surface area contributed by atoms with Crippen LogP contribution in [0.15, 0.2) is 212 Å². The second-order valence-corrected chi connectivity index (χ2v) is 27.3. The first-order valence-corrected chi connectivity index (χ1v) is 37.6. The van der Waals surface area contributed by atoms with Gasteiger partial charge in [0.25, 0.3) is 0 Å². The van der Waals surface area contributed by atoms with E-state index in [0.717, 1.165) is 16.7 Å². The van der Waals surface area contributed by atoms with Gasteiger partial charge >= 0.3 is 0 Å². The molecule has 0 bridgehead atoms. The zero-order chi connectivity index (χ0) is 83.4. The van der Waals surface area contributed by atoms with E-state index >= 15 is 0 Å². The topological polar surface area (TPSA) is 505 Å². The van der Waals surface area contributed by atoms with Crippen LogP contribution in [0.3, 0.4) is 0 Å². The maximum Gasteiger partial charge on any atom is 0.245 e. The molecule has 0 saturated carbocycles. The van der Waals surface area contributed by atoms with Gasteiger partial charge in [-0.1, -0.05) is 212 Å². The van der Waals surface area contributed by atoms with Crippen LogP contribution in [0.2, 0.25) is 0 Å². The fraction of sp³-hybridized carbons (Fsp3) is 0.333. The van der Waals surface area contributed by atoms with Crippen molar-refractivity contribution in [3.63, 3.8) is 0 Å². The van der Waals surface area contributed by atoms with Crippen LogP contribution in [0.1, 0.15) is 78.5 Å². The number of hydrogen-bond acceptors (Lipinski definition) is 18. The smallest absolute Gasteiger partial charge is 0.245 e. The van der Waals surface area contributed by atoms with Crippen molar-refractivity contribution < 1.29 is 77.3 Å². The zero-order valence-corrected chi connectivity index (χ0v) is 64.1. The van der Waals surface area contributed by atoms with Gasteiger partial charge in [0.05, 0.1) is 32.3 Å². The number of aliphatic hydroxyl groups is 1. The number of rotatable bonds is 45. The summed E-state index contributed by atoms with van der Waals surface area (Å²) in [5.41, 5.74) is 22.5. The molecule has 7 aromatic rings. The minimum atomic E-state index is -1.47. The van der Waals surface area contributed by atoms with Crippen LogP contribution in [0.4, 0.5) is 0 Å². The van der Waals surface area contributed by atoms with Crippen LogP contribution >= 0.6 is 0 Å². The average molecular weight is 1580 g/mol. The molecule has 0 fully saturated rings. The summed E-state index contributed by atoms with van der Waals surface area (Å²) < 4.78 is 0. The summed E-state index contributed by atoms with van der Waals surface area (Å²) in [7, 11) is 0. The van der Waals surface area contributed by atoms with E-state index in [9.17, 15) is 77.3 Å². The Balaban J connectivity index is 0.000000382. The summed E-state index contributed by atoms with van der Waals surface area (Å²) in [4.78, 5) is 182. The molecule has 31 nitrogen and oxygen atoms in total. The highest BCUT2D eigenvalue weighted by Gasteiger charge is 2.34. The third kappa shape index (κ3) is 34.7. The summed E-state index contributed by atoms with van der Waals surface area (Å²) in [5.74, 6) is -10.3. The molecule has 0 heterocycles. The van der Waals surface area contributed by atoms with Crippen LogP contribution in [-0.4, -0.2) is 181 Å². The van der Waals surface area contributed by atoms with Gasteiger partial charge in [-0.25, -0.2) is 0 Å². The van der Waals surface area contributed by atoms with Crippen LogP contribution in [0.5, 0.6) is 0 Å². The van der Waals surface area contributed by atoms with Gasteiger partial charge < -0.3 is 96.0 Å². The molecular formula is C84H102N15O16-. The van der Waals surface area contributed by atoms with Gasteiger partial charge in [0.1, 0.15) is 48.3 Å². The molecule has 10 atom stereocenters. The molecule has 0 aromatic heterocycles. The molecule has 0 saturated heterocycles. The SMILES string of the molecule is CC(=O)NC(Cc1ccccc1)C(=O)NCC(=O)NC(Cc1ccccc1)C(=O)N[C@@H](CO)C(=O)NC(Cc1ccccc1)C(N)=O.C[C@H](CC(=O)[O-])NC(=O)C(Cc1ccccc1)NC(=O)CNC(=O)C(Cc1ccccc1)NC(=O)[C@H](CCCCN)NC(=O)C(Cc1ccccc1)NC(=O)CNC(=O)C(N)Cc1ccccc1. The number of aliphatic hydroxyl groups excluding tert-OH is 1. The number of carbonyl (C=O) groups excluding carboxylic acids is 14. The maximum atomic E-state index is 14.2. The molecule has 19 N–H and O–H groups in total. The molecule has 0 radical (unpaired) electrons. The predicted molar refractivity (Wildman–Crippen MR) is 426 cm³/mol. The van der Waals surface area contributed by atoms with Gasteiger partial charge in [0, 0.05) is 63.9 Å². The van der Waals surface area contributed by atoms with E-state index in [4.69, 9.17) is 17.2 Å². The van der Waals surface area contributed by atoms with Gasteiger partial charge in [-0.3, -0.25) is 62.3 Å². The Labute approximate surface area is 667 Å². The monoisotopic (exact) mass is 1580 g/mol. The van der Waals surface area contributed by atoms with Crippen molar-refractivity contribution in [1.82, 2.24) is 63.8 Å². The van der Waals surface area contributed by atoms with Crippen LogP contribution < -0.4 is 86.1 Å². The van der Waals surface area contributed by atoms with Crippen LogP contribution in [-0.2, 0) is 112 Å². The Bertz CT molecular complexity index is 4290. The summed E-state index contributed by atoms with van der Waals surface area (Å²) >= 11 is 0. The lowest BCUT2D eigenvalue weighted by Gasteiger charge is -2.26. The van der Waals surface area contributed by atoms with E-state index in [0.29, 0.717) is 41.6 Å². The largest absolute Gasteiger partial charge is 0.550 e. The van der Waals surface area contributed by atoms with E-state index in [-0.39, 0.29) is 51.4 Å². The zero-order valence-electron chi connectivity index (χ0n) is 64.1. The third-order valence-electron chi connectivity index (χ3n) is 17.8. The lowest BCUT2D eigenvalue weighted by atomic mass is 10.0. The van der Waals surface area contributed by atoms with E-state index in [1.54, 1.807) is 176 Å². The Morgan fingerprint density at radius 1 is 0.339 bits per heavy atom. The maximum absolute atomic E-state index is 14.2. The van der Waals surface area contributed by atoms with Gasteiger partial charge in [0.15, 0.2) is 0 Å². The molecule has 0 spiro atoms. The van der Waals surface area contributed by atoms with Crippen molar-refractivity contribution in [2.75, 3.05) is 32.8 Å². The fourth-order valence-corrected chi connectivity index (χ4v) is 11.9. The van der Waals surface area contributed by atoms with Gasteiger partial charge in [-0.2, -0.15) is 0 Å². The Morgan fingerprint density at radius 3 is 0.930 bits per heavy atom. The van der Waals surface area contributed by atoms with Crippen LogP contribution in [0.25, 0.3) is 0 Å². The van der Waals surface area contributed by atoms with E-state index in [1.165, 1.54) is 13.8 Å². The number of nitrogens with one attached hydrogen (secondary N) is 12. The molecule has 0 aliphatic rings. The number of benzene rings is 7. The number of carbonyl (C=O) groups is 14. The highest BCUT2D eigenvalue weighted by molar-refractivity contribution is 5.98. The molecule has 7 aromatic carbocycles. The molecule has 115 heavy (non-hydrogen) atoms. The Kier molecular flexibility index (Phi) is 39.0. The highest BCUT2D eigenvalue weighted by atomic mass is 16.4. The van der Waals surface area contributed by atoms with Crippen molar-refractivity contribution in [2.24, 2.45) is 17.2 Å². The number of carboxylic acid groups (broad SMARTS) is 1. The number of primary amides is 1. The number of hydrogen-bond donors (Lipinski definition) is 16. The van der Waals surface area contributed by atoms with Crippen molar-refractivity contribution in [3.05, 3.63) is 251 Å². The molecule has 0 aliphatic heterocycles. The molecule has 7 unspecified atom stereocenters. The molecule has 13 amide bonds. The first-order chi connectivity index (χ1) is 55.2. The van der Waals surface area contributed by atoms with Gasteiger partial charge in [-0.05, 0) is 78.1 Å². The van der Waals surface area contributed by atoms with Gasteiger partial charge in [0.2, 0.25) is 76.8 Å². The predicted octanol–water partition coefficient (Wildman–Crippen LogP) is -1.50. The summed E-state index contributed by atoms with van der Waals surface area (Å²) in [6.07, 6.45) is 1.24. The number of aliphatic carboxylic acids is 1. The fourth-order valence-electron chi connectivity index (χ4n) is 11.9. The quantitative estimate of drug-likeness (QED) is 0.0193. The number of carboxylic acids is 1. The normalized spacial score (nSPS) is 13.3. The van der Waals surface area contributed by atoms with Crippen molar-refractivity contribution in [3.8, 4) is 0 Å². The average Bonchev–Trinajstić information content (AvgIpc) is 0.865. The highest BCUT2D eigenvalue weighted by Crippen LogP contribution is 2.13. The third-order valence-corrected chi connectivity index (χ3v) is 17.8. The van der Waals surface area contributed by atoms with Crippen molar-refractivity contribution >= 4 is 82.8 Å². The molecule has 7 rings (SSSR count). The minimum Gasteiger partial charge on any atom is -0.550 e. The molecule has 0 aliphatic carbocycles. The van der Waals surface area contributed by atoms with Crippen molar-refractivity contribution in [1.29, 1.82) is 0 Å². The Hall–Kier alpha value is -13.0. The Morgan fingerprint density at radius 2 is 0.609 bits per heavy atom. The van der Waals surface area contributed by atoms with E-state index in [2.05, 4.69) is 63.8 Å². The summed E-state index contributed by atoms with van der Waals surface area (Å²) in [6, 6.07) is 51.1. The molecular weight excluding hydrogens is 1480 g/mol.